The van der Waals surface area contributed by atoms with Crippen molar-refractivity contribution >= 4 is 16.3 Å². The van der Waals surface area contributed by atoms with Gasteiger partial charge in [0.05, 0.1) is 13.2 Å². The summed E-state index contributed by atoms with van der Waals surface area (Å²) in [6, 6.07) is 2.62. The number of carbonyl (C=O) groups excluding carboxylic acids is 1. The zero-order valence-electron chi connectivity index (χ0n) is 8.46. The third-order valence-corrected chi connectivity index (χ3v) is 4.06. The van der Waals surface area contributed by atoms with E-state index in [1.165, 1.54) is 16.4 Å². The van der Waals surface area contributed by atoms with E-state index in [1.54, 1.807) is 0 Å². The molecule has 0 bridgehead atoms. The summed E-state index contributed by atoms with van der Waals surface area (Å²) in [5.41, 5.74) is 0. The molecule has 16 heavy (non-hydrogen) atoms. The molecule has 0 aromatic carbocycles. The first kappa shape index (κ1) is 11.3. The highest BCUT2D eigenvalue weighted by Crippen LogP contribution is 2.18. The molecule has 0 radical (unpaired) electrons. The molecule has 0 N–H and O–H groups in total. The Morgan fingerprint density at radius 2 is 1.94 bits per heavy atom. The summed E-state index contributed by atoms with van der Waals surface area (Å²) in [6.45, 7) is 1.36. The fraction of sp³-hybridized carbons (Fsp3) is 0.444. The standard InChI is InChI=1S/C9H11NO5S/c11-7-8-1-2-9(15-8)16(12,13)10-3-5-14-6-4-10/h1-2,7H,3-6H2. The lowest BCUT2D eigenvalue weighted by molar-refractivity contribution is 0.0723. The fourth-order valence-electron chi connectivity index (χ4n) is 1.45. The van der Waals surface area contributed by atoms with E-state index in [9.17, 15) is 13.2 Å². The first-order valence-corrected chi connectivity index (χ1v) is 6.21. The predicted octanol–water partition coefficient (Wildman–Crippen LogP) is 0.113. The quantitative estimate of drug-likeness (QED) is 0.706. The largest absolute Gasteiger partial charge is 0.440 e. The summed E-state index contributed by atoms with van der Waals surface area (Å²) >= 11 is 0. The van der Waals surface area contributed by atoms with Crippen molar-refractivity contribution in [3.8, 4) is 0 Å². The molecule has 88 valence electrons. The molecule has 1 aliphatic rings. The molecule has 0 atom stereocenters. The Kier molecular flexibility index (Phi) is 3.08. The second kappa shape index (κ2) is 4.36. The van der Waals surface area contributed by atoms with E-state index in [4.69, 9.17) is 9.15 Å². The average molecular weight is 245 g/mol. The molecule has 2 heterocycles. The molecule has 0 aliphatic carbocycles. The lowest BCUT2D eigenvalue weighted by Crippen LogP contribution is -2.40. The van der Waals surface area contributed by atoms with E-state index in [1.807, 2.05) is 0 Å². The van der Waals surface area contributed by atoms with Gasteiger partial charge < -0.3 is 9.15 Å². The van der Waals surface area contributed by atoms with Crippen LogP contribution in [0.5, 0.6) is 0 Å². The van der Waals surface area contributed by atoms with Crippen LogP contribution in [0.2, 0.25) is 0 Å². The van der Waals surface area contributed by atoms with Crippen LogP contribution in [0, 0.1) is 0 Å². The SMILES string of the molecule is O=Cc1ccc(S(=O)(=O)N2CCOCC2)o1. The lowest BCUT2D eigenvalue weighted by Gasteiger charge is -2.24. The van der Waals surface area contributed by atoms with E-state index < -0.39 is 10.0 Å². The van der Waals surface area contributed by atoms with Crippen LogP contribution in [0.15, 0.2) is 21.6 Å². The number of nitrogens with zero attached hydrogens (tertiary/aromatic N) is 1. The number of aldehydes is 1. The van der Waals surface area contributed by atoms with Crippen LogP contribution in [0.1, 0.15) is 10.6 Å². The van der Waals surface area contributed by atoms with Gasteiger partial charge in [-0.25, -0.2) is 8.42 Å². The fourth-order valence-corrected chi connectivity index (χ4v) is 2.78. The number of hydrogen-bond donors (Lipinski definition) is 0. The van der Waals surface area contributed by atoms with E-state index in [-0.39, 0.29) is 10.9 Å². The first-order chi connectivity index (χ1) is 7.64. The Labute approximate surface area is 92.8 Å². The highest BCUT2D eigenvalue weighted by molar-refractivity contribution is 7.89. The Hall–Kier alpha value is -1.18. The van der Waals surface area contributed by atoms with Crippen LogP contribution in [0.25, 0.3) is 0 Å². The minimum atomic E-state index is -3.62. The second-order valence-electron chi connectivity index (χ2n) is 3.29. The smallest absolute Gasteiger partial charge is 0.276 e. The molecule has 1 saturated heterocycles. The van der Waals surface area contributed by atoms with Crippen molar-refractivity contribution < 1.29 is 22.4 Å². The van der Waals surface area contributed by atoms with Gasteiger partial charge in [0.1, 0.15) is 0 Å². The monoisotopic (exact) mass is 245 g/mol. The molecule has 0 spiro atoms. The molecular weight excluding hydrogens is 234 g/mol. The van der Waals surface area contributed by atoms with Crippen LogP contribution in [-0.4, -0.2) is 45.3 Å². The molecule has 2 rings (SSSR count). The van der Waals surface area contributed by atoms with E-state index in [0.717, 1.165) is 0 Å². The molecule has 1 fully saturated rings. The van der Waals surface area contributed by atoms with Gasteiger partial charge in [0.2, 0.25) is 5.09 Å². The number of morpholine rings is 1. The average Bonchev–Trinajstić information content (AvgIpc) is 2.79. The topological polar surface area (TPSA) is 76.8 Å². The lowest BCUT2D eigenvalue weighted by atomic mass is 10.5. The minimum Gasteiger partial charge on any atom is -0.440 e. The maximum atomic E-state index is 12.0. The Balaban J connectivity index is 2.26. The van der Waals surface area contributed by atoms with Crippen molar-refractivity contribution in [2.45, 2.75) is 5.09 Å². The third kappa shape index (κ3) is 2.01. The summed E-state index contributed by atoms with van der Waals surface area (Å²) in [5.74, 6) is 0.00633. The van der Waals surface area contributed by atoms with Gasteiger partial charge in [0.15, 0.2) is 12.0 Å². The summed E-state index contributed by atoms with van der Waals surface area (Å²) < 4.78 is 35.2. The van der Waals surface area contributed by atoms with Gasteiger partial charge in [-0.15, -0.1) is 0 Å². The molecule has 1 aliphatic heterocycles. The Morgan fingerprint density at radius 1 is 1.25 bits per heavy atom. The van der Waals surface area contributed by atoms with Crippen LogP contribution in [-0.2, 0) is 14.8 Å². The second-order valence-corrected chi connectivity index (χ2v) is 5.16. The summed E-state index contributed by atoms with van der Waals surface area (Å²) in [7, 11) is -3.62. The van der Waals surface area contributed by atoms with Crippen molar-refractivity contribution in [2.75, 3.05) is 26.3 Å². The molecule has 0 amide bonds. The molecular formula is C9H11NO5S. The number of furan rings is 1. The van der Waals surface area contributed by atoms with Gasteiger partial charge >= 0.3 is 0 Å². The molecule has 7 heteroatoms. The van der Waals surface area contributed by atoms with Crippen LogP contribution in [0.4, 0.5) is 0 Å². The predicted molar refractivity (Wildman–Crippen MR) is 53.7 cm³/mol. The zero-order chi connectivity index (χ0) is 11.6. The number of rotatable bonds is 3. The van der Waals surface area contributed by atoms with E-state index >= 15 is 0 Å². The molecule has 1 aromatic heterocycles. The van der Waals surface area contributed by atoms with Gasteiger partial charge in [-0.05, 0) is 12.1 Å². The number of carbonyl (C=O) groups is 1. The maximum absolute atomic E-state index is 12.0. The first-order valence-electron chi connectivity index (χ1n) is 4.77. The van der Waals surface area contributed by atoms with Crippen molar-refractivity contribution in [1.29, 1.82) is 0 Å². The van der Waals surface area contributed by atoms with E-state index in [0.29, 0.717) is 32.6 Å². The summed E-state index contributed by atoms with van der Waals surface area (Å²) in [5, 5.41) is -0.198. The van der Waals surface area contributed by atoms with Crippen LogP contribution in [0.3, 0.4) is 0 Å². The van der Waals surface area contributed by atoms with Crippen LogP contribution >= 0.6 is 0 Å². The van der Waals surface area contributed by atoms with Gasteiger partial charge in [0, 0.05) is 13.1 Å². The Bertz CT molecular complexity index is 472. The highest BCUT2D eigenvalue weighted by Gasteiger charge is 2.29. The Morgan fingerprint density at radius 3 is 2.50 bits per heavy atom. The zero-order valence-corrected chi connectivity index (χ0v) is 9.27. The normalized spacial score (nSPS) is 18.5. The number of ether oxygens (including phenoxy) is 1. The molecule has 1 aromatic rings. The van der Waals surface area contributed by atoms with Crippen molar-refractivity contribution in [1.82, 2.24) is 4.31 Å². The molecule has 0 unspecified atom stereocenters. The van der Waals surface area contributed by atoms with Crippen molar-refractivity contribution in [3.05, 3.63) is 17.9 Å². The third-order valence-electron chi connectivity index (χ3n) is 2.28. The van der Waals surface area contributed by atoms with Crippen molar-refractivity contribution in [2.24, 2.45) is 0 Å². The molecule has 0 saturated carbocycles. The number of hydrogen-bond acceptors (Lipinski definition) is 5. The van der Waals surface area contributed by atoms with Gasteiger partial charge in [-0.3, -0.25) is 4.79 Å². The summed E-state index contributed by atoms with van der Waals surface area (Å²) in [6.07, 6.45) is 0.471. The minimum absolute atomic E-state index is 0.00633. The van der Waals surface area contributed by atoms with Gasteiger partial charge in [-0.2, -0.15) is 4.31 Å². The van der Waals surface area contributed by atoms with Gasteiger partial charge in [-0.1, -0.05) is 0 Å². The van der Waals surface area contributed by atoms with Gasteiger partial charge in [0.25, 0.3) is 10.0 Å². The maximum Gasteiger partial charge on any atom is 0.276 e. The van der Waals surface area contributed by atoms with Crippen LogP contribution < -0.4 is 0 Å². The summed E-state index contributed by atoms with van der Waals surface area (Å²) in [4.78, 5) is 10.4. The van der Waals surface area contributed by atoms with E-state index in [2.05, 4.69) is 0 Å². The highest BCUT2D eigenvalue weighted by atomic mass is 32.2. The molecule has 6 nitrogen and oxygen atoms in total. The number of sulfonamides is 1. The van der Waals surface area contributed by atoms with Crippen molar-refractivity contribution in [3.63, 3.8) is 0 Å².